The van der Waals surface area contributed by atoms with Crippen LogP contribution in [0.15, 0.2) is 212 Å². The number of nitrogens with zero attached hydrogens (tertiary/aromatic N) is 2. The van der Waals surface area contributed by atoms with Crippen molar-refractivity contribution in [1.82, 2.24) is 0 Å². The van der Waals surface area contributed by atoms with Crippen molar-refractivity contribution >= 4 is 80.3 Å². The van der Waals surface area contributed by atoms with E-state index in [9.17, 15) is 0 Å². The van der Waals surface area contributed by atoms with Gasteiger partial charge in [0, 0.05) is 39.6 Å². The van der Waals surface area contributed by atoms with E-state index in [1.54, 1.807) is 12.1 Å². The fraction of sp³-hybridized carbons (Fsp3) is 0.0476. The Labute approximate surface area is 401 Å². The van der Waals surface area contributed by atoms with Gasteiger partial charge in [-0.2, -0.15) is 0 Å². The molecule has 1 atom stereocenters. The minimum Gasteiger partial charge on any atom is -0.458 e. The van der Waals surface area contributed by atoms with Crippen LogP contribution in [-0.2, 0) is 5.41 Å². The lowest BCUT2D eigenvalue weighted by Gasteiger charge is -2.46. The van der Waals surface area contributed by atoms with Gasteiger partial charge in [-0.1, -0.05) is 157 Å². The van der Waals surface area contributed by atoms with Gasteiger partial charge >= 0.3 is 0 Å². The highest BCUT2D eigenvalue weighted by Crippen LogP contribution is 2.61. The van der Waals surface area contributed by atoms with E-state index in [2.05, 4.69) is 212 Å². The van der Waals surface area contributed by atoms with Gasteiger partial charge in [-0.15, -0.1) is 0 Å². The number of anilines is 6. The fourth-order valence-corrected chi connectivity index (χ4v) is 13.2. The molecule has 1 spiro atoms. The summed E-state index contributed by atoms with van der Waals surface area (Å²) in [5.41, 5.74) is 25.4. The number of para-hydroxylation sites is 2. The number of fused-ring (bicyclic) bond motifs is 16. The maximum Gasteiger partial charge on any atom is 0.252 e. The number of hydrogen-bond donors (Lipinski definition) is 0. The molecule has 15 rings (SSSR count). The zero-order valence-corrected chi connectivity index (χ0v) is 38.0. The second-order valence-corrected chi connectivity index (χ2v) is 19.3. The van der Waals surface area contributed by atoms with Crippen LogP contribution in [0.1, 0.15) is 33.4 Å². The molecule has 1 unspecified atom stereocenters. The zero-order chi connectivity index (χ0) is 45.7. The van der Waals surface area contributed by atoms with Crippen molar-refractivity contribution in [3.8, 4) is 33.8 Å². The van der Waals surface area contributed by atoms with E-state index in [4.69, 9.17) is 4.74 Å². The average Bonchev–Trinajstić information content (AvgIpc) is 3.68. The van der Waals surface area contributed by atoms with Crippen molar-refractivity contribution in [2.24, 2.45) is 0 Å². The summed E-state index contributed by atoms with van der Waals surface area (Å²) in [4.78, 5) is 4.97. The SMILES string of the molecule is Cc1ccc2c(c1)N(c1ccccc1-c1ccccc1)c1cc(C)cc3c1B2c1ccc2c(c1N3c1ccc(F)cc1)-c1ccccc1C21c2ccccc2B2c3ccccc3Oc3cccc1c32. The van der Waals surface area contributed by atoms with Crippen LogP contribution in [0.4, 0.5) is 38.5 Å². The highest BCUT2D eigenvalue weighted by atomic mass is 19.1. The lowest BCUT2D eigenvalue weighted by Crippen LogP contribution is -2.63. The molecule has 0 fully saturated rings. The Morgan fingerprint density at radius 2 is 1.06 bits per heavy atom. The van der Waals surface area contributed by atoms with Gasteiger partial charge < -0.3 is 14.5 Å². The van der Waals surface area contributed by atoms with Gasteiger partial charge in [0.15, 0.2) is 0 Å². The van der Waals surface area contributed by atoms with Crippen LogP contribution in [0.3, 0.4) is 0 Å². The minimum atomic E-state index is -0.666. The Balaban J connectivity index is 1.06. The Morgan fingerprint density at radius 1 is 0.420 bits per heavy atom. The van der Waals surface area contributed by atoms with E-state index in [-0.39, 0.29) is 19.2 Å². The summed E-state index contributed by atoms with van der Waals surface area (Å²) in [5, 5.41) is 0. The quantitative estimate of drug-likeness (QED) is 0.164. The molecule has 10 aromatic carbocycles. The molecule has 3 nitrogen and oxygen atoms in total. The second kappa shape index (κ2) is 14.1. The topological polar surface area (TPSA) is 15.7 Å². The number of halogens is 1. The maximum atomic E-state index is 15.2. The van der Waals surface area contributed by atoms with E-state index >= 15 is 4.39 Å². The fourth-order valence-electron chi connectivity index (χ4n) is 13.2. The van der Waals surface area contributed by atoms with Crippen molar-refractivity contribution in [1.29, 1.82) is 0 Å². The van der Waals surface area contributed by atoms with Gasteiger partial charge in [-0.05, 0) is 146 Å². The predicted octanol–water partition coefficient (Wildman–Crippen LogP) is 11.5. The van der Waals surface area contributed by atoms with Crippen molar-refractivity contribution in [3.05, 3.63) is 252 Å². The molecule has 0 amide bonds. The number of rotatable bonds is 3. The normalized spacial score (nSPS) is 15.8. The molecule has 4 aliphatic heterocycles. The van der Waals surface area contributed by atoms with Crippen LogP contribution in [0.25, 0.3) is 22.3 Å². The highest BCUT2D eigenvalue weighted by Gasteiger charge is 2.56. The Morgan fingerprint density at radius 3 is 1.90 bits per heavy atom. The first-order chi connectivity index (χ1) is 34.0. The van der Waals surface area contributed by atoms with Crippen LogP contribution in [-0.4, -0.2) is 13.4 Å². The Hall–Kier alpha value is -8.34. The standard InChI is InChI=1S/C63H41B2FN2O/c1-38-27-33-50-54(35-38)68(53-24-12-7-17-43(53)40-15-4-3-5-16-40)56-37-39(2)36-55-61(56)65(50)52-34-32-47-59(62(52)67(55)42-30-28-41(66)29-31-42)44-18-6-8-19-45(44)63(47)46-20-9-10-22-49(46)64-51-23-11-13-25-57(51)69-58-26-14-21-48(63)60(58)64/h3-37H,1-2H3. The number of benzene rings is 10. The summed E-state index contributed by atoms with van der Waals surface area (Å²) in [6.45, 7) is 4.32. The first-order valence-corrected chi connectivity index (χ1v) is 24.0. The number of aryl methyl sites for hydroxylation is 2. The van der Waals surface area contributed by atoms with Crippen molar-refractivity contribution < 1.29 is 9.13 Å². The number of hydrogen-bond acceptors (Lipinski definition) is 3. The summed E-state index contributed by atoms with van der Waals surface area (Å²) in [5.74, 6) is 1.56. The smallest absolute Gasteiger partial charge is 0.252 e. The molecule has 322 valence electrons. The van der Waals surface area contributed by atoms with Crippen LogP contribution < -0.4 is 47.3 Å². The summed E-state index contributed by atoms with van der Waals surface area (Å²) < 4.78 is 22.1. The molecule has 0 aromatic heterocycles. The van der Waals surface area contributed by atoms with Crippen molar-refractivity contribution in [3.63, 3.8) is 0 Å². The van der Waals surface area contributed by atoms with E-state index in [0.717, 1.165) is 51.1 Å². The Bertz CT molecular complexity index is 3850. The molecule has 0 bridgehead atoms. The largest absolute Gasteiger partial charge is 0.458 e. The first kappa shape index (κ1) is 38.7. The molecule has 0 saturated heterocycles. The molecule has 0 saturated carbocycles. The number of ether oxygens (including phenoxy) is 1. The molecule has 1 aliphatic carbocycles. The van der Waals surface area contributed by atoms with Crippen LogP contribution in [0, 0.1) is 19.7 Å². The van der Waals surface area contributed by atoms with Gasteiger partial charge in [0.05, 0.1) is 11.1 Å². The lowest BCUT2D eigenvalue weighted by atomic mass is 9.30. The Kier molecular flexibility index (Phi) is 7.92. The second-order valence-electron chi connectivity index (χ2n) is 19.3. The van der Waals surface area contributed by atoms with Gasteiger partial charge in [-0.3, -0.25) is 0 Å². The third-order valence-electron chi connectivity index (χ3n) is 15.7. The molecule has 0 N–H and O–H groups in total. The van der Waals surface area contributed by atoms with E-state index in [0.29, 0.717) is 0 Å². The van der Waals surface area contributed by atoms with Crippen LogP contribution in [0.2, 0.25) is 0 Å². The van der Waals surface area contributed by atoms with Gasteiger partial charge in [0.1, 0.15) is 17.3 Å². The van der Waals surface area contributed by atoms with Gasteiger partial charge in [0.25, 0.3) is 13.4 Å². The monoisotopic (exact) mass is 882 g/mol. The van der Waals surface area contributed by atoms with E-state index < -0.39 is 5.41 Å². The van der Waals surface area contributed by atoms with Gasteiger partial charge in [-0.25, -0.2) is 4.39 Å². The molecular formula is C63H41B2FN2O. The molecule has 4 heterocycles. The van der Waals surface area contributed by atoms with Crippen molar-refractivity contribution in [2.45, 2.75) is 19.3 Å². The molecule has 0 radical (unpaired) electrons. The molecule has 5 aliphatic rings. The summed E-state index contributed by atoms with van der Waals surface area (Å²) in [7, 11) is 0. The zero-order valence-electron chi connectivity index (χ0n) is 38.0. The van der Waals surface area contributed by atoms with Crippen molar-refractivity contribution in [2.75, 3.05) is 9.80 Å². The molecule has 6 heteroatoms. The highest BCUT2D eigenvalue weighted by molar-refractivity contribution is 7.00. The van der Waals surface area contributed by atoms with Crippen LogP contribution >= 0.6 is 0 Å². The van der Waals surface area contributed by atoms with E-state index in [1.165, 1.54) is 83.0 Å². The summed E-state index contributed by atoms with van der Waals surface area (Å²) in [6, 6.07) is 76.7. The summed E-state index contributed by atoms with van der Waals surface area (Å²) >= 11 is 0. The third kappa shape index (κ3) is 5.08. The lowest BCUT2D eigenvalue weighted by molar-refractivity contribution is 0.486. The minimum absolute atomic E-state index is 0.0120. The van der Waals surface area contributed by atoms with Gasteiger partial charge in [0.2, 0.25) is 0 Å². The molecule has 10 aromatic rings. The van der Waals surface area contributed by atoms with Crippen LogP contribution in [0.5, 0.6) is 11.5 Å². The molecule has 69 heavy (non-hydrogen) atoms. The third-order valence-corrected chi connectivity index (χ3v) is 15.7. The summed E-state index contributed by atoms with van der Waals surface area (Å²) in [6.07, 6.45) is 0. The first-order valence-electron chi connectivity index (χ1n) is 24.0. The average molecular weight is 883 g/mol. The predicted molar refractivity (Wildman–Crippen MR) is 284 cm³/mol. The van der Waals surface area contributed by atoms with E-state index in [1.807, 2.05) is 12.1 Å². The molecular weight excluding hydrogens is 841 g/mol. The maximum absolute atomic E-state index is 15.2.